The Morgan fingerprint density at radius 3 is 1.73 bits per heavy atom. The van der Waals surface area contributed by atoms with Gasteiger partial charge in [0.15, 0.2) is 0 Å². The van der Waals surface area contributed by atoms with Gasteiger partial charge in [-0.05, 0) is 61.6 Å². The monoisotopic (exact) mass is 676 g/mol. The molecule has 12 rings (SSSR count). The first-order valence-corrected chi connectivity index (χ1v) is 18.6. The maximum absolute atomic E-state index is 5.58. The molecule has 0 unspecified atom stereocenters. The number of hydrogen-bond acceptors (Lipinski definition) is 2. The molecule has 0 radical (unpaired) electrons. The van der Waals surface area contributed by atoms with Crippen molar-refractivity contribution in [3.05, 3.63) is 170 Å². The Labute approximate surface area is 303 Å². The van der Waals surface area contributed by atoms with E-state index in [1.54, 1.807) is 0 Å². The number of nitrogens with zero attached hydrogens (tertiary/aromatic N) is 2. The average molecular weight is 677 g/mol. The van der Waals surface area contributed by atoms with Gasteiger partial charge < -0.3 is 4.57 Å². The average Bonchev–Trinajstić information content (AvgIpc) is 3.89. The van der Waals surface area contributed by atoms with Gasteiger partial charge in [-0.3, -0.25) is 0 Å². The van der Waals surface area contributed by atoms with Gasteiger partial charge in [-0.1, -0.05) is 152 Å². The highest BCUT2D eigenvalue weighted by Crippen LogP contribution is 2.56. The molecule has 0 saturated carbocycles. The van der Waals surface area contributed by atoms with E-state index in [4.69, 9.17) is 4.98 Å². The van der Waals surface area contributed by atoms with Gasteiger partial charge in [0, 0.05) is 38.2 Å². The van der Waals surface area contributed by atoms with Crippen LogP contribution in [0.5, 0.6) is 0 Å². The zero-order chi connectivity index (χ0) is 33.9. The third-order valence-corrected chi connectivity index (χ3v) is 12.3. The molecule has 1 aliphatic rings. The van der Waals surface area contributed by atoms with Crippen molar-refractivity contribution in [2.24, 2.45) is 0 Å². The molecule has 3 heteroatoms. The lowest BCUT2D eigenvalue weighted by Crippen LogP contribution is -1.99. The van der Waals surface area contributed by atoms with E-state index in [0.717, 1.165) is 16.3 Å². The van der Waals surface area contributed by atoms with Gasteiger partial charge in [-0.15, -0.1) is 11.3 Å². The summed E-state index contributed by atoms with van der Waals surface area (Å²) in [6, 6.07) is 62.1. The highest BCUT2D eigenvalue weighted by Gasteiger charge is 2.32. The van der Waals surface area contributed by atoms with Crippen LogP contribution in [-0.2, 0) is 0 Å². The molecule has 240 valence electrons. The van der Waals surface area contributed by atoms with Crippen molar-refractivity contribution >= 4 is 76.2 Å². The smallest absolute Gasteiger partial charge is 0.124 e. The topological polar surface area (TPSA) is 17.8 Å². The Kier molecular flexibility index (Phi) is 5.68. The molecule has 0 bridgehead atoms. The van der Waals surface area contributed by atoms with E-state index in [9.17, 15) is 0 Å². The molecule has 2 heterocycles. The van der Waals surface area contributed by atoms with Crippen LogP contribution < -0.4 is 0 Å². The molecule has 0 N–H and O–H groups in total. The first-order chi connectivity index (χ1) is 25.8. The van der Waals surface area contributed by atoms with Crippen molar-refractivity contribution in [2.45, 2.75) is 0 Å². The van der Waals surface area contributed by atoms with Gasteiger partial charge >= 0.3 is 0 Å². The number of benzene rings is 9. The number of fused-ring (bicyclic) bond motifs is 12. The van der Waals surface area contributed by atoms with Crippen LogP contribution in [-0.4, -0.2) is 9.55 Å². The molecule has 52 heavy (non-hydrogen) atoms. The Morgan fingerprint density at radius 2 is 1.00 bits per heavy atom. The lowest BCUT2D eigenvalue weighted by Gasteiger charge is -2.18. The largest absolute Gasteiger partial charge is 0.308 e. The molecule has 0 aliphatic heterocycles. The molecule has 11 aromatic rings. The molecule has 0 saturated heterocycles. The molecular formula is C49H28N2S. The summed E-state index contributed by atoms with van der Waals surface area (Å²) in [6.45, 7) is 0. The Balaban J connectivity index is 1.23. The van der Waals surface area contributed by atoms with E-state index in [0.29, 0.717) is 0 Å². The van der Waals surface area contributed by atoms with E-state index < -0.39 is 0 Å². The zero-order valence-corrected chi connectivity index (χ0v) is 28.8. The summed E-state index contributed by atoms with van der Waals surface area (Å²) in [5, 5.41) is 13.8. The fourth-order valence-corrected chi connectivity index (χ4v) is 10.0. The van der Waals surface area contributed by atoms with Gasteiger partial charge in [0.1, 0.15) is 5.01 Å². The van der Waals surface area contributed by atoms with Crippen molar-refractivity contribution in [3.63, 3.8) is 0 Å². The highest BCUT2D eigenvalue weighted by molar-refractivity contribution is 7.19. The van der Waals surface area contributed by atoms with Crippen LogP contribution in [0.1, 0.15) is 0 Å². The van der Waals surface area contributed by atoms with Crippen LogP contribution in [0.4, 0.5) is 0 Å². The maximum Gasteiger partial charge on any atom is 0.124 e. The minimum absolute atomic E-state index is 1.05. The summed E-state index contributed by atoms with van der Waals surface area (Å²) in [6.07, 6.45) is 0. The van der Waals surface area contributed by atoms with Gasteiger partial charge in [-0.25, -0.2) is 4.98 Å². The lowest BCUT2D eigenvalue weighted by molar-refractivity contribution is 1.20. The molecule has 0 atom stereocenters. The molecule has 1 aliphatic carbocycles. The Hall–Kier alpha value is -6.55. The summed E-state index contributed by atoms with van der Waals surface area (Å²) in [4.78, 5) is 6.82. The summed E-state index contributed by atoms with van der Waals surface area (Å²) < 4.78 is 2.56. The van der Waals surface area contributed by atoms with Gasteiger partial charge in [0.05, 0.1) is 27.3 Å². The van der Waals surface area contributed by atoms with E-state index in [2.05, 4.69) is 174 Å². The summed E-state index contributed by atoms with van der Waals surface area (Å²) in [5.41, 5.74) is 10.8. The molecule has 9 aromatic carbocycles. The fourth-order valence-electron chi connectivity index (χ4n) is 8.92. The first kappa shape index (κ1) is 28.2. The molecular weight excluding hydrogens is 649 g/mol. The highest BCUT2D eigenvalue weighted by atomic mass is 32.1. The van der Waals surface area contributed by atoms with Crippen molar-refractivity contribution < 1.29 is 0 Å². The molecule has 2 aromatic heterocycles. The van der Waals surface area contributed by atoms with E-state index >= 15 is 0 Å². The summed E-state index contributed by atoms with van der Waals surface area (Å²) in [5.74, 6) is 0. The predicted octanol–water partition coefficient (Wildman–Crippen LogP) is 13.8. The van der Waals surface area contributed by atoms with Crippen LogP contribution in [0.3, 0.4) is 0 Å². The number of thiazole rings is 1. The SMILES string of the molecule is c1ccc(-c2cccc(-c3nc4c(s3)-c3cccc5c3c-4c(-n3c4ccc6ccccc6c4c4c6ccccc6ccc43)c3ccccc35)c2)cc1. The third kappa shape index (κ3) is 3.75. The number of rotatable bonds is 3. The van der Waals surface area contributed by atoms with Crippen LogP contribution in [0.2, 0.25) is 0 Å². The Morgan fingerprint density at radius 1 is 0.423 bits per heavy atom. The first-order valence-electron chi connectivity index (χ1n) is 17.8. The van der Waals surface area contributed by atoms with Crippen molar-refractivity contribution in [1.29, 1.82) is 0 Å². The zero-order valence-electron chi connectivity index (χ0n) is 28.0. The number of hydrogen-bond donors (Lipinski definition) is 0. The minimum Gasteiger partial charge on any atom is -0.308 e. The summed E-state index contributed by atoms with van der Waals surface area (Å²) >= 11 is 1.81. The van der Waals surface area contributed by atoms with Crippen molar-refractivity contribution in [2.75, 3.05) is 0 Å². The Bertz CT molecular complexity index is 3200. The van der Waals surface area contributed by atoms with Crippen molar-refractivity contribution in [3.8, 4) is 49.1 Å². The van der Waals surface area contributed by atoms with E-state index in [1.807, 2.05) is 11.3 Å². The predicted molar refractivity (Wildman–Crippen MR) is 222 cm³/mol. The lowest BCUT2D eigenvalue weighted by atomic mass is 9.94. The normalized spacial score (nSPS) is 12.2. The quantitative estimate of drug-likeness (QED) is 0.170. The van der Waals surface area contributed by atoms with Crippen molar-refractivity contribution in [1.82, 2.24) is 9.55 Å². The molecule has 0 amide bonds. The number of aromatic nitrogens is 2. The molecule has 2 nitrogen and oxygen atoms in total. The van der Waals surface area contributed by atoms with Crippen LogP contribution in [0, 0.1) is 0 Å². The minimum atomic E-state index is 1.05. The summed E-state index contributed by atoms with van der Waals surface area (Å²) in [7, 11) is 0. The molecule has 0 spiro atoms. The van der Waals surface area contributed by atoms with Crippen LogP contribution in [0.15, 0.2) is 170 Å². The standard InChI is InChI=1S/C49H28N2S/c1-2-12-29(13-3-1)32-16-10-17-33(28-32)49-50-46-45-42-37(22-11-23-39(42)48(46)52-49)36-20-8-9-21-38(36)47(45)51-40-26-24-30-14-4-6-18-34(30)43(40)44-35-19-7-5-15-31(35)25-27-41(44)51/h1-28H. The molecule has 0 fully saturated rings. The van der Waals surface area contributed by atoms with Crippen LogP contribution >= 0.6 is 11.3 Å². The third-order valence-electron chi connectivity index (χ3n) is 11.1. The van der Waals surface area contributed by atoms with Gasteiger partial charge in [0.2, 0.25) is 0 Å². The fraction of sp³-hybridized carbons (Fsp3) is 0. The second-order valence-electron chi connectivity index (χ2n) is 13.8. The van der Waals surface area contributed by atoms with E-state index in [-0.39, 0.29) is 0 Å². The second kappa shape index (κ2) is 10.5. The second-order valence-corrected chi connectivity index (χ2v) is 14.8. The maximum atomic E-state index is 5.58. The van der Waals surface area contributed by atoms with Crippen LogP contribution in [0.25, 0.3) is 114 Å². The van der Waals surface area contributed by atoms with E-state index in [1.165, 1.54) is 97.7 Å². The van der Waals surface area contributed by atoms with Gasteiger partial charge in [0.25, 0.3) is 0 Å². The van der Waals surface area contributed by atoms with Gasteiger partial charge in [-0.2, -0.15) is 0 Å².